The number of nitro groups is 1. The Morgan fingerprint density at radius 1 is 1.42 bits per heavy atom. The van der Waals surface area contributed by atoms with Crippen LogP contribution >= 0.6 is 12.4 Å². The van der Waals surface area contributed by atoms with E-state index in [2.05, 4.69) is 0 Å². The Morgan fingerprint density at radius 2 is 1.95 bits per heavy atom. The monoisotopic (exact) mass is 292 g/mol. The van der Waals surface area contributed by atoms with E-state index in [9.17, 15) is 19.6 Å². The van der Waals surface area contributed by atoms with Gasteiger partial charge in [0.05, 0.1) is 23.1 Å². The lowest BCUT2D eigenvalue weighted by atomic mass is 9.82. The first-order valence-electron chi connectivity index (χ1n) is 5.52. The van der Waals surface area contributed by atoms with E-state index >= 15 is 0 Å². The summed E-state index contributed by atoms with van der Waals surface area (Å²) in [5.74, 6) is -0.706. The predicted molar refractivity (Wildman–Crippen MR) is 72.7 cm³/mol. The summed E-state index contributed by atoms with van der Waals surface area (Å²) in [5.41, 5.74) is 5.03. The van der Waals surface area contributed by atoms with E-state index < -0.39 is 34.0 Å². The van der Waals surface area contributed by atoms with Crippen LogP contribution in [0.4, 0.5) is 10.1 Å². The molecule has 1 rings (SSSR count). The largest absolute Gasteiger partial charge is 0.391 e. The van der Waals surface area contributed by atoms with Gasteiger partial charge in [0.25, 0.3) is 5.69 Å². The van der Waals surface area contributed by atoms with Crippen molar-refractivity contribution in [1.29, 1.82) is 0 Å². The van der Waals surface area contributed by atoms with Crippen LogP contribution in [0.3, 0.4) is 0 Å². The van der Waals surface area contributed by atoms with Crippen molar-refractivity contribution in [1.82, 2.24) is 0 Å². The molecule has 0 unspecified atom stereocenters. The van der Waals surface area contributed by atoms with E-state index in [0.29, 0.717) is 0 Å². The first-order valence-corrected chi connectivity index (χ1v) is 5.52. The maximum absolute atomic E-state index is 13.0. The highest BCUT2D eigenvalue weighted by molar-refractivity contribution is 5.85. The van der Waals surface area contributed by atoms with Gasteiger partial charge < -0.3 is 10.8 Å². The highest BCUT2D eigenvalue weighted by Gasteiger charge is 2.32. The lowest BCUT2D eigenvalue weighted by Gasteiger charge is -2.30. The Morgan fingerprint density at radius 3 is 2.37 bits per heavy atom. The molecular weight excluding hydrogens is 275 g/mol. The van der Waals surface area contributed by atoms with Gasteiger partial charge >= 0.3 is 0 Å². The Bertz CT molecular complexity index is 463. The fourth-order valence-corrected chi connectivity index (χ4v) is 1.67. The summed E-state index contributed by atoms with van der Waals surface area (Å²) < 4.78 is 13.0. The molecule has 0 aromatic heterocycles. The minimum atomic E-state index is -0.971. The second kappa shape index (κ2) is 6.27. The number of aliphatic hydroxyl groups is 1. The van der Waals surface area contributed by atoms with Gasteiger partial charge in [0.2, 0.25) is 0 Å². The molecule has 0 aliphatic heterocycles. The molecule has 0 spiro atoms. The summed E-state index contributed by atoms with van der Waals surface area (Å²) in [6.07, 6.45) is -0.971. The van der Waals surface area contributed by atoms with Crippen molar-refractivity contribution in [3.63, 3.8) is 0 Å². The van der Waals surface area contributed by atoms with Crippen LogP contribution in [0.5, 0.6) is 0 Å². The van der Waals surface area contributed by atoms with Crippen molar-refractivity contribution < 1.29 is 14.4 Å². The van der Waals surface area contributed by atoms with Gasteiger partial charge in [-0.05, 0) is 17.5 Å². The standard InChI is InChI=1S/C12H17FN2O3.ClH/c1-12(2,3)11(16)10(14)8-5-4-7(13)6-9(8)15(17)18;/h4-6,10-11,16H,14H2,1-3H3;1H/t10-,11-;/m1./s1. The summed E-state index contributed by atoms with van der Waals surface area (Å²) >= 11 is 0. The van der Waals surface area contributed by atoms with E-state index in [0.717, 1.165) is 12.1 Å². The molecule has 0 aliphatic rings. The summed E-state index contributed by atoms with van der Waals surface area (Å²) in [6.45, 7) is 5.31. The summed E-state index contributed by atoms with van der Waals surface area (Å²) in [4.78, 5) is 10.2. The zero-order chi connectivity index (χ0) is 14.1. The summed E-state index contributed by atoms with van der Waals surface area (Å²) in [5, 5.41) is 20.9. The minimum Gasteiger partial charge on any atom is -0.391 e. The molecule has 0 heterocycles. The van der Waals surface area contributed by atoms with Crippen LogP contribution in [-0.2, 0) is 0 Å². The van der Waals surface area contributed by atoms with Crippen molar-refractivity contribution in [3.8, 4) is 0 Å². The first-order chi connectivity index (χ1) is 8.14. The molecule has 0 amide bonds. The van der Waals surface area contributed by atoms with Crippen LogP contribution < -0.4 is 5.73 Å². The van der Waals surface area contributed by atoms with Crippen LogP contribution in [0.15, 0.2) is 18.2 Å². The van der Waals surface area contributed by atoms with Crippen LogP contribution in [0, 0.1) is 21.3 Å². The zero-order valence-corrected chi connectivity index (χ0v) is 11.8. The predicted octanol–water partition coefficient (Wildman–Crippen LogP) is 2.56. The topological polar surface area (TPSA) is 89.4 Å². The molecule has 5 nitrogen and oxygen atoms in total. The average Bonchev–Trinajstić information content (AvgIpc) is 2.25. The number of nitrogens with zero attached hydrogens (tertiary/aromatic N) is 1. The molecule has 0 bridgehead atoms. The van der Waals surface area contributed by atoms with Gasteiger partial charge in [0.15, 0.2) is 0 Å². The van der Waals surface area contributed by atoms with E-state index in [4.69, 9.17) is 5.73 Å². The van der Waals surface area contributed by atoms with E-state index in [1.807, 2.05) is 0 Å². The number of benzene rings is 1. The second-order valence-corrected chi connectivity index (χ2v) is 5.30. The molecule has 19 heavy (non-hydrogen) atoms. The van der Waals surface area contributed by atoms with Crippen molar-refractivity contribution >= 4 is 18.1 Å². The zero-order valence-electron chi connectivity index (χ0n) is 11.0. The van der Waals surface area contributed by atoms with E-state index in [1.165, 1.54) is 6.07 Å². The van der Waals surface area contributed by atoms with Gasteiger partial charge in [-0.2, -0.15) is 0 Å². The second-order valence-electron chi connectivity index (χ2n) is 5.30. The van der Waals surface area contributed by atoms with Crippen LogP contribution in [0.1, 0.15) is 32.4 Å². The summed E-state index contributed by atoms with van der Waals surface area (Å²) in [7, 11) is 0. The number of hydrogen-bond donors (Lipinski definition) is 2. The third-order valence-electron chi connectivity index (χ3n) is 2.78. The number of aliphatic hydroxyl groups excluding tert-OH is 1. The van der Waals surface area contributed by atoms with Crippen molar-refractivity contribution in [2.45, 2.75) is 32.9 Å². The lowest BCUT2D eigenvalue weighted by molar-refractivity contribution is -0.386. The molecule has 0 saturated heterocycles. The Balaban J connectivity index is 0.00000324. The van der Waals surface area contributed by atoms with Gasteiger partial charge in [-0.1, -0.05) is 20.8 Å². The van der Waals surface area contributed by atoms with Crippen molar-refractivity contribution in [2.75, 3.05) is 0 Å². The minimum absolute atomic E-state index is 0. The average molecular weight is 293 g/mol. The molecule has 1 aromatic carbocycles. The molecular formula is C12H18ClFN2O3. The van der Waals surface area contributed by atoms with E-state index in [-0.39, 0.29) is 18.0 Å². The molecule has 2 atom stereocenters. The number of nitrogens with two attached hydrogens (primary N) is 1. The quantitative estimate of drug-likeness (QED) is 0.662. The lowest BCUT2D eigenvalue weighted by Crippen LogP contribution is -2.37. The van der Waals surface area contributed by atoms with Crippen LogP contribution in [0.2, 0.25) is 0 Å². The van der Waals surface area contributed by atoms with Crippen LogP contribution in [-0.4, -0.2) is 16.1 Å². The summed E-state index contributed by atoms with van der Waals surface area (Å²) in [6, 6.07) is 2.21. The maximum atomic E-state index is 13.0. The van der Waals surface area contributed by atoms with E-state index in [1.54, 1.807) is 20.8 Å². The maximum Gasteiger partial charge on any atom is 0.277 e. The number of nitro benzene ring substituents is 1. The van der Waals surface area contributed by atoms with Crippen molar-refractivity contribution in [3.05, 3.63) is 39.7 Å². The Labute approximate surface area is 117 Å². The van der Waals surface area contributed by atoms with Gasteiger partial charge in [0, 0.05) is 5.56 Å². The fourth-order valence-electron chi connectivity index (χ4n) is 1.67. The molecule has 0 radical (unpaired) electrons. The smallest absolute Gasteiger partial charge is 0.277 e. The molecule has 108 valence electrons. The molecule has 3 N–H and O–H groups in total. The fraction of sp³-hybridized carbons (Fsp3) is 0.500. The molecule has 1 aromatic rings. The molecule has 0 aliphatic carbocycles. The highest BCUT2D eigenvalue weighted by Crippen LogP contribution is 2.33. The number of rotatable bonds is 3. The Kier molecular flexibility index (Phi) is 5.86. The van der Waals surface area contributed by atoms with Gasteiger partial charge in [0.1, 0.15) is 5.82 Å². The highest BCUT2D eigenvalue weighted by atomic mass is 35.5. The van der Waals surface area contributed by atoms with Crippen molar-refractivity contribution in [2.24, 2.45) is 11.1 Å². The molecule has 0 saturated carbocycles. The van der Waals surface area contributed by atoms with Gasteiger partial charge in [-0.15, -0.1) is 12.4 Å². The Hall–Kier alpha value is -1.24. The van der Waals surface area contributed by atoms with Crippen LogP contribution in [0.25, 0.3) is 0 Å². The first kappa shape index (κ1) is 17.8. The van der Waals surface area contributed by atoms with Gasteiger partial charge in [-0.3, -0.25) is 10.1 Å². The van der Waals surface area contributed by atoms with Gasteiger partial charge in [-0.25, -0.2) is 4.39 Å². The SMILES string of the molecule is CC(C)(C)[C@H](O)[C@H](N)c1ccc(F)cc1[N+](=O)[O-].Cl. The number of hydrogen-bond acceptors (Lipinski definition) is 4. The molecule has 7 heteroatoms. The third-order valence-corrected chi connectivity index (χ3v) is 2.78. The normalized spacial score (nSPS) is 14.4. The third kappa shape index (κ3) is 4.12. The molecule has 0 fully saturated rings. The number of halogens is 2.